The lowest BCUT2D eigenvalue weighted by atomic mass is 9.75. The fourth-order valence-corrected chi connectivity index (χ4v) is 5.15. The van der Waals surface area contributed by atoms with Gasteiger partial charge in [-0.05, 0) is 18.8 Å². The van der Waals surface area contributed by atoms with Crippen molar-refractivity contribution in [1.82, 2.24) is 20.3 Å². The number of fused-ring (bicyclic) bond motifs is 3. The summed E-state index contributed by atoms with van der Waals surface area (Å²) in [5, 5.41) is 11.4. The molecule has 1 aromatic rings. The molecule has 26 heavy (non-hydrogen) atoms. The highest BCUT2D eigenvalue weighted by Crippen LogP contribution is 2.28. The van der Waals surface area contributed by atoms with Crippen molar-refractivity contribution in [2.24, 2.45) is 11.8 Å². The van der Waals surface area contributed by atoms with Crippen molar-refractivity contribution in [1.29, 1.82) is 0 Å². The molecule has 2 bridgehead atoms. The standard InChI is InChI=1S/C19H29N5O2/c1-13(25)18-12-24(22-21-18)10-16-9-14-7-8-23(16)11-17(14)19(26)20-15-5-3-2-4-6-15/h12,14-17H,2-11H2,1H3,(H,20,26)/p+1/t14-,16-,17+/m1/s1. The highest BCUT2D eigenvalue weighted by Gasteiger charge is 2.46. The molecule has 7 nitrogen and oxygen atoms in total. The molecule has 1 amide bonds. The molecule has 4 heterocycles. The first-order valence-corrected chi connectivity index (χ1v) is 10.2. The van der Waals surface area contributed by atoms with Gasteiger partial charge in [0.1, 0.15) is 11.7 Å². The van der Waals surface area contributed by atoms with Gasteiger partial charge in [-0.2, -0.15) is 0 Å². The number of piperidine rings is 3. The van der Waals surface area contributed by atoms with Gasteiger partial charge in [0.25, 0.3) is 0 Å². The third-order valence-corrected chi connectivity index (χ3v) is 6.65. The van der Waals surface area contributed by atoms with Gasteiger partial charge in [-0.3, -0.25) is 9.59 Å². The van der Waals surface area contributed by atoms with Crippen molar-refractivity contribution >= 4 is 11.7 Å². The van der Waals surface area contributed by atoms with E-state index in [1.807, 2.05) is 0 Å². The van der Waals surface area contributed by atoms with Crippen molar-refractivity contribution in [3.05, 3.63) is 11.9 Å². The molecule has 4 fully saturated rings. The third-order valence-electron chi connectivity index (χ3n) is 6.65. The second-order valence-corrected chi connectivity index (χ2v) is 8.43. The molecular weight excluding hydrogens is 330 g/mol. The Bertz CT molecular complexity index is 667. The summed E-state index contributed by atoms with van der Waals surface area (Å²) in [5.41, 5.74) is 0.431. The average molecular weight is 360 g/mol. The molecular formula is C19H30N5O2+. The summed E-state index contributed by atoms with van der Waals surface area (Å²) in [6.45, 7) is 4.36. The van der Waals surface area contributed by atoms with E-state index in [4.69, 9.17) is 0 Å². The summed E-state index contributed by atoms with van der Waals surface area (Å²) in [6.07, 6.45) is 10.1. The molecule has 142 valence electrons. The van der Waals surface area contributed by atoms with Crippen LogP contribution in [0.25, 0.3) is 0 Å². The monoisotopic (exact) mass is 360 g/mol. The van der Waals surface area contributed by atoms with Crippen LogP contribution >= 0.6 is 0 Å². The van der Waals surface area contributed by atoms with Crippen LogP contribution in [0.2, 0.25) is 0 Å². The molecule has 2 N–H and O–H groups in total. The molecule has 0 radical (unpaired) electrons. The lowest BCUT2D eigenvalue weighted by Crippen LogP contribution is -3.20. The smallest absolute Gasteiger partial charge is 0.229 e. The number of carbonyl (C=O) groups excluding carboxylic acids is 2. The molecule has 3 aliphatic heterocycles. The molecule has 4 atom stereocenters. The number of amides is 1. The van der Waals surface area contributed by atoms with E-state index in [1.165, 1.54) is 31.1 Å². The summed E-state index contributed by atoms with van der Waals surface area (Å²) in [7, 11) is 0. The zero-order valence-electron chi connectivity index (χ0n) is 15.6. The maximum Gasteiger partial charge on any atom is 0.229 e. The molecule has 5 rings (SSSR count). The topological polar surface area (TPSA) is 81.3 Å². The number of Topliss-reactive ketones (excluding diaryl/α,β-unsaturated/α-hetero) is 1. The van der Waals surface area contributed by atoms with Gasteiger partial charge >= 0.3 is 0 Å². The molecule has 7 heteroatoms. The number of nitrogens with zero attached hydrogens (tertiary/aromatic N) is 3. The summed E-state index contributed by atoms with van der Waals surface area (Å²) < 4.78 is 1.80. The van der Waals surface area contributed by atoms with Crippen molar-refractivity contribution < 1.29 is 14.5 Å². The lowest BCUT2D eigenvalue weighted by Gasteiger charge is -2.46. The van der Waals surface area contributed by atoms with Crippen LogP contribution in [0.1, 0.15) is 62.4 Å². The molecule has 4 aliphatic rings. The van der Waals surface area contributed by atoms with Crippen molar-refractivity contribution in [2.75, 3.05) is 13.1 Å². The predicted molar refractivity (Wildman–Crippen MR) is 95.7 cm³/mol. The zero-order valence-corrected chi connectivity index (χ0v) is 15.6. The molecule has 1 aromatic heterocycles. The Morgan fingerprint density at radius 2 is 2.08 bits per heavy atom. The normalized spacial score (nSPS) is 31.7. The Labute approximate surface area is 154 Å². The minimum atomic E-state index is -0.0477. The number of aromatic nitrogens is 3. The number of carbonyl (C=O) groups is 2. The van der Waals surface area contributed by atoms with Crippen molar-refractivity contribution in [3.8, 4) is 0 Å². The van der Waals surface area contributed by atoms with Gasteiger partial charge in [0.15, 0.2) is 5.78 Å². The van der Waals surface area contributed by atoms with Crippen LogP contribution in [-0.2, 0) is 11.3 Å². The second kappa shape index (κ2) is 7.47. The number of quaternary nitrogens is 1. The van der Waals surface area contributed by atoms with Gasteiger partial charge in [0.2, 0.25) is 5.91 Å². The van der Waals surface area contributed by atoms with E-state index in [-0.39, 0.29) is 17.6 Å². The van der Waals surface area contributed by atoms with Gasteiger partial charge in [0, 0.05) is 25.8 Å². The van der Waals surface area contributed by atoms with Gasteiger partial charge < -0.3 is 10.2 Å². The highest BCUT2D eigenvalue weighted by atomic mass is 16.2. The molecule has 1 unspecified atom stereocenters. The molecule has 0 spiro atoms. The minimum absolute atomic E-state index is 0.0477. The Morgan fingerprint density at radius 1 is 1.27 bits per heavy atom. The Balaban J connectivity index is 1.34. The Morgan fingerprint density at radius 3 is 2.73 bits per heavy atom. The van der Waals surface area contributed by atoms with E-state index >= 15 is 0 Å². The summed E-state index contributed by atoms with van der Waals surface area (Å²) >= 11 is 0. The van der Waals surface area contributed by atoms with Gasteiger partial charge in [-0.1, -0.05) is 24.5 Å². The number of rotatable bonds is 5. The summed E-state index contributed by atoms with van der Waals surface area (Å²) in [4.78, 5) is 25.7. The predicted octanol–water partition coefficient (Wildman–Crippen LogP) is 0.223. The second-order valence-electron chi connectivity index (χ2n) is 8.43. The maximum absolute atomic E-state index is 12.8. The summed E-state index contributed by atoms with van der Waals surface area (Å²) in [5.74, 6) is 0.892. The first-order chi connectivity index (χ1) is 12.6. The Hall–Kier alpha value is -1.76. The fourth-order valence-electron chi connectivity index (χ4n) is 5.15. The number of ketones is 1. The zero-order chi connectivity index (χ0) is 18.1. The van der Waals surface area contributed by atoms with E-state index in [0.717, 1.165) is 45.3 Å². The molecule has 1 aliphatic carbocycles. The third kappa shape index (κ3) is 3.68. The van der Waals surface area contributed by atoms with E-state index in [0.29, 0.717) is 23.7 Å². The largest absolute Gasteiger partial charge is 0.353 e. The van der Waals surface area contributed by atoms with Crippen LogP contribution in [0.4, 0.5) is 0 Å². The van der Waals surface area contributed by atoms with Gasteiger partial charge in [-0.25, -0.2) is 4.68 Å². The van der Waals surface area contributed by atoms with Crippen LogP contribution in [0.15, 0.2) is 6.20 Å². The number of hydrogen-bond donors (Lipinski definition) is 2. The van der Waals surface area contributed by atoms with E-state index in [1.54, 1.807) is 10.9 Å². The lowest BCUT2D eigenvalue weighted by molar-refractivity contribution is -0.945. The van der Waals surface area contributed by atoms with Crippen molar-refractivity contribution in [3.63, 3.8) is 0 Å². The first kappa shape index (κ1) is 17.6. The average Bonchev–Trinajstić information content (AvgIpc) is 3.12. The maximum atomic E-state index is 12.8. The summed E-state index contributed by atoms with van der Waals surface area (Å²) in [6, 6.07) is 0.867. The van der Waals surface area contributed by atoms with E-state index in [2.05, 4.69) is 15.6 Å². The van der Waals surface area contributed by atoms with Crippen LogP contribution in [0, 0.1) is 11.8 Å². The first-order valence-electron chi connectivity index (χ1n) is 10.2. The van der Waals surface area contributed by atoms with Gasteiger partial charge in [-0.15, -0.1) is 5.10 Å². The fraction of sp³-hybridized carbons (Fsp3) is 0.789. The van der Waals surface area contributed by atoms with Crippen LogP contribution < -0.4 is 10.2 Å². The number of nitrogens with one attached hydrogen (secondary N) is 2. The van der Waals surface area contributed by atoms with Crippen molar-refractivity contribution in [2.45, 2.75) is 70.5 Å². The van der Waals surface area contributed by atoms with Crippen LogP contribution in [0.5, 0.6) is 0 Å². The van der Waals surface area contributed by atoms with E-state index < -0.39 is 0 Å². The molecule has 1 saturated carbocycles. The molecule has 3 saturated heterocycles. The van der Waals surface area contributed by atoms with Crippen LogP contribution in [-0.4, -0.2) is 51.9 Å². The van der Waals surface area contributed by atoms with E-state index in [9.17, 15) is 9.59 Å². The molecule has 0 aromatic carbocycles. The number of hydrogen-bond acceptors (Lipinski definition) is 4. The quantitative estimate of drug-likeness (QED) is 0.736. The van der Waals surface area contributed by atoms with Crippen LogP contribution in [0.3, 0.4) is 0 Å². The minimum Gasteiger partial charge on any atom is -0.353 e. The highest BCUT2D eigenvalue weighted by molar-refractivity contribution is 5.91. The Kier molecular flexibility index (Phi) is 5.07. The van der Waals surface area contributed by atoms with Gasteiger partial charge in [0.05, 0.1) is 31.7 Å². The SMILES string of the molecule is CC(=O)c1cn(C[C@H]2C[C@H]3CC[NH+]2C[C@@H]3C(=O)NC2CCCCC2)nn1.